The maximum Gasteiger partial charge on any atom is 0.178 e. The summed E-state index contributed by atoms with van der Waals surface area (Å²) in [6, 6.07) is 16.6. The smallest absolute Gasteiger partial charge is 0.178 e. The first-order valence-corrected chi connectivity index (χ1v) is 10.2. The van der Waals surface area contributed by atoms with E-state index in [1.54, 1.807) is 12.2 Å². The highest BCUT2D eigenvalue weighted by Gasteiger charge is 2.01. The van der Waals surface area contributed by atoms with Gasteiger partial charge in [0.05, 0.1) is 0 Å². The van der Waals surface area contributed by atoms with Gasteiger partial charge in [-0.05, 0) is 75.2 Å². The van der Waals surface area contributed by atoms with Crippen molar-refractivity contribution in [2.75, 3.05) is 36.0 Å². The number of carbonyl (C=O) groups excluding carboxylic acids is 1. The molecule has 0 atom stereocenters. The highest BCUT2D eigenvalue weighted by Crippen LogP contribution is 2.17. The van der Waals surface area contributed by atoms with E-state index in [0.29, 0.717) is 0 Å². The van der Waals surface area contributed by atoms with Gasteiger partial charge >= 0.3 is 0 Å². The summed E-state index contributed by atoms with van der Waals surface area (Å²) < 4.78 is 0. The van der Waals surface area contributed by atoms with Crippen molar-refractivity contribution in [3.8, 4) is 0 Å². The van der Waals surface area contributed by atoms with Crippen molar-refractivity contribution in [3.05, 3.63) is 71.8 Å². The van der Waals surface area contributed by atoms with Crippen LogP contribution in [0.3, 0.4) is 0 Å². The van der Waals surface area contributed by atoms with Gasteiger partial charge in [-0.3, -0.25) is 4.79 Å². The third-order valence-electron chi connectivity index (χ3n) is 4.92. The van der Waals surface area contributed by atoms with Gasteiger partial charge < -0.3 is 9.80 Å². The van der Waals surface area contributed by atoms with E-state index >= 15 is 0 Å². The van der Waals surface area contributed by atoms with Gasteiger partial charge in [-0.1, -0.05) is 36.4 Å². The van der Waals surface area contributed by atoms with Crippen LogP contribution in [0, 0.1) is 0 Å². The fraction of sp³-hybridized carbons (Fsp3) is 0.320. The van der Waals surface area contributed by atoms with Gasteiger partial charge in [-0.25, -0.2) is 0 Å². The van der Waals surface area contributed by atoms with Crippen LogP contribution >= 0.6 is 0 Å². The van der Waals surface area contributed by atoms with Crippen molar-refractivity contribution >= 4 is 29.3 Å². The lowest BCUT2D eigenvalue weighted by Crippen LogP contribution is -2.21. The summed E-state index contributed by atoms with van der Waals surface area (Å²) in [4.78, 5) is 16.7. The number of hydrogen-bond acceptors (Lipinski definition) is 3. The molecule has 0 fully saturated rings. The molecule has 0 aliphatic heterocycles. The third-order valence-corrected chi connectivity index (χ3v) is 4.92. The number of benzene rings is 2. The minimum Gasteiger partial charge on any atom is -0.372 e. The Hall–Kier alpha value is -2.81. The first-order chi connectivity index (χ1) is 13.6. The highest BCUT2D eigenvalue weighted by molar-refractivity contribution is 6.04. The molecule has 2 aromatic rings. The van der Waals surface area contributed by atoms with Gasteiger partial charge in [0.15, 0.2) is 5.78 Å². The molecule has 148 valence electrons. The molecule has 3 heteroatoms. The van der Waals surface area contributed by atoms with Crippen molar-refractivity contribution in [2.24, 2.45) is 0 Å². The summed E-state index contributed by atoms with van der Waals surface area (Å²) in [5, 5.41) is 0. The zero-order valence-electron chi connectivity index (χ0n) is 17.6. The molecule has 0 unspecified atom stereocenters. The van der Waals surface area contributed by atoms with E-state index in [4.69, 9.17) is 0 Å². The Kier molecular flexibility index (Phi) is 8.54. The average Bonchev–Trinajstić information content (AvgIpc) is 2.74. The fourth-order valence-electron chi connectivity index (χ4n) is 3.18. The SMILES string of the molecule is CCN(CC)c1ccc(/C=C\C(=O)/C=C/c2ccc(N(CC)CC)cc2)cc1. The highest BCUT2D eigenvalue weighted by atomic mass is 16.1. The second-order valence-corrected chi connectivity index (χ2v) is 6.60. The Bertz CT molecular complexity index is 713. The van der Waals surface area contributed by atoms with Crippen molar-refractivity contribution in [1.82, 2.24) is 0 Å². The molecule has 28 heavy (non-hydrogen) atoms. The zero-order chi connectivity index (χ0) is 20.4. The summed E-state index contributed by atoms with van der Waals surface area (Å²) in [6.45, 7) is 12.6. The van der Waals surface area contributed by atoms with Crippen molar-refractivity contribution in [2.45, 2.75) is 27.7 Å². The molecule has 2 rings (SSSR count). The summed E-state index contributed by atoms with van der Waals surface area (Å²) in [5.74, 6) is -0.0133. The number of ketones is 1. The topological polar surface area (TPSA) is 23.6 Å². The minimum atomic E-state index is -0.0133. The molecule has 0 saturated carbocycles. The fourth-order valence-corrected chi connectivity index (χ4v) is 3.18. The van der Waals surface area contributed by atoms with Crippen molar-refractivity contribution in [3.63, 3.8) is 0 Å². The lowest BCUT2D eigenvalue weighted by atomic mass is 10.1. The van der Waals surface area contributed by atoms with E-state index in [0.717, 1.165) is 37.3 Å². The second kappa shape index (κ2) is 11.1. The Morgan fingerprint density at radius 2 is 0.964 bits per heavy atom. The van der Waals surface area contributed by atoms with E-state index in [2.05, 4.69) is 61.8 Å². The quantitative estimate of drug-likeness (QED) is 0.499. The molecule has 0 radical (unpaired) electrons. The summed E-state index contributed by atoms with van der Waals surface area (Å²) in [5.41, 5.74) is 4.48. The molecule has 0 aliphatic rings. The van der Waals surface area contributed by atoms with Crippen LogP contribution in [0.2, 0.25) is 0 Å². The van der Waals surface area contributed by atoms with Gasteiger partial charge in [0, 0.05) is 37.6 Å². The molecular weight excluding hydrogens is 344 g/mol. The van der Waals surface area contributed by atoms with E-state index in [1.165, 1.54) is 11.4 Å². The number of anilines is 2. The number of nitrogens with zero attached hydrogens (tertiary/aromatic N) is 2. The second-order valence-electron chi connectivity index (χ2n) is 6.60. The van der Waals surface area contributed by atoms with Crippen molar-refractivity contribution < 1.29 is 4.79 Å². The number of allylic oxidation sites excluding steroid dienone is 2. The Morgan fingerprint density at radius 3 is 1.25 bits per heavy atom. The van der Waals surface area contributed by atoms with Gasteiger partial charge in [0.1, 0.15) is 0 Å². The van der Waals surface area contributed by atoms with E-state index in [9.17, 15) is 4.79 Å². The average molecular weight is 377 g/mol. The van der Waals surface area contributed by atoms with Gasteiger partial charge in [0.25, 0.3) is 0 Å². The molecule has 0 spiro atoms. The predicted octanol–water partition coefficient (Wildman–Crippen LogP) is 5.67. The number of rotatable bonds is 10. The van der Waals surface area contributed by atoms with Gasteiger partial charge in [0.2, 0.25) is 0 Å². The summed E-state index contributed by atoms with van der Waals surface area (Å²) in [6.07, 6.45) is 6.96. The van der Waals surface area contributed by atoms with Crippen LogP contribution in [0.25, 0.3) is 12.2 Å². The monoisotopic (exact) mass is 376 g/mol. The Morgan fingerprint density at radius 1 is 0.643 bits per heavy atom. The van der Waals surface area contributed by atoms with Crippen LogP contribution in [0.1, 0.15) is 38.8 Å². The summed E-state index contributed by atoms with van der Waals surface area (Å²) in [7, 11) is 0. The molecule has 0 amide bonds. The largest absolute Gasteiger partial charge is 0.372 e. The molecule has 0 aromatic heterocycles. The normalized spacial score (nSPS) is 11.3. The molecule has 0 aliphatic carbocycles. The van der Waals surface area contributed by atoms with Crippen LogP contribution < -0.4 is 9.80 Å². The molecule has 0 heterocycles. The van der Waals surface area contributed by atoms with Crippen LogP contribution in [0.15, 0.2) is 60.7 Å². The van der Waals surface area contributed by atoms with E-state index < -0.39 is 0 Å². The van der Waals surface area contributed by atoms with E-state index in [1.807, 2.05) is 36.4 Å². The zero-order valence-corrected chi connectivity index (χ0v) is 17.6. The maximum atomic E-state index is 12.1. The molecular formula is C25H32N2O. The minimum absolute atomic E-state index is 0.0133. The standard InChI is InChI=1S/C25H32N2O/c1-5-26(6-2)23-15-9-21(10-16-23)13-19-25(28)20-14-22-11-17-24(18-12-22)27(7-3)8-4/h9-20H,5-8H2,1-4H3/b19-13-,20-14+. The Balaban J connectivity index is 1.95. The van der Waals surface area contributed by atoms with Crippen LogP contribution in [0.4, 0.5) is 11.4 Å². The first kappa shape index (κ1) is 21.5. The van der Waals surface area contributed by atoms with Gasteiger partial charge in [-0.2, -0.15) is 0 Å². The molecule has 0 N–H and O–H groups in total. The van der Waals surface area contributed by atoms with E-state index in [-0.39, 0.29) is 5.78 Å². The molecule has 2 aromatic carbocycles. The van der Waals surface area contributed by atoms with Crippen molar-refractivity contribution in [1.29, 1.82) is 0 Å². The molecule has 0 bridgehead atoms. The lowest BCUT2D eigenvalue weighted by molar-refractivity contribution is -0.110. The van der Waals surface area contributed by atoms with Crippen LogP contribution in [0.5, 0.6) is 0 Å². The Labute approximate surface area is 170 Å². The van der Waals surface area contributed by atoms with Crippen LogP contribution in [-0.2, 0) is 4.79 Å². The lowest BCUT2D eigenvalue weighted by Gasteiger charge is -2.20. The first-order valence-electron chi connectivity index (χ1n) is 10.2. The summed E-state index contributed by atoms with van der Waals surface area (Å²) >= 11 is 0. The van der Waals surface area contributed by atoms with Gasteiger partial charge in [-0.15, -0.1) is 0 Å². The van der Waals surface area contributed by atoms with Crippen LogP contribution in [-0.4, -0.2) is 32.0 Å². The predicted molar refractivity (Wildman–Crippen MR) is 123 cm³/mol. The molecule has 3 nitrogen and oxygen atoms in total. The number of hydrogen-bond donors (Lipinski definition) is 0. The number of carbonyl (C=O) groups is 1. The third kappa shape index (κ3) is 6.12. The maximum absolute atomic E-state index is 12.1. The molecule has 0 saturated heterocycles.